The van der Waals surface area contributed by atoms with Gasteiger partial charge in [0.1, 0.15) is 29.6 Å². The zero-order valence-corrected chi connectivity index (χ0v) is 23.2. The average Bonchev–Trinajstić information content (AvgIpc) is 2.93. The van der Waals surface area contributed by atoms with Crippen LogP contribution in [0.5, 0.6) is 11.5 Å². The van der Waals surface area contributed by atoms with Crippen LogP contribution in [0.25, 0.3) is 11.1 Å². The number of phenols is 2. The number of aliphatic carboxylic acids is 1. The number of carboxylic acids is 1. The van der Waals surface area contributed by atoms with Crippen LogP contribution in [0, 0.1) is 0 Å². The third kappa shape index (κ3) is 7.31. The summed E-state index contributed by atoms with van der Waals surface area (Å²) in [4.78, 5) is 64.7. The summed E-state index contributed by atoms with van der Waals surface area (Å²) in [6.45, 7) is 3.06. The Balaban J connectivity index is 2.05. The van der Waals surface area contributed by atoms with Crippen LogP contribution in [0.4, 0.5) is 0 Å². The Labute approximate surface area is 236 Å². The number of hydrogen-bond acceptors (Lipinski definition) is 8. The van der Waals surface area contributed by atoms with Crippen molar-refractivity contribution in [2.24, 2.45) is 0 Å². The van der Waals surface area contributed by atoms with Crippen LogP contribution >= 0.6 is 0 Å². The first kappa shape index (κ1) is 30.9. The average molecular weight is 570 g/mol. The van der Waals surface area contributed by atoms with Crippen molar-refractivity contribution in [3.05, 3.63) is 47.5 Å². The molecule has 2 aromatic rings. The van der Waals surface area contributed by atoms with Gasteiger partial charge in [-0.2, -0.15) is 0 Å². The number of carbonyl (C=O) groups excluding carboxylic acids is 4. The van der Waals surface area contributed by atoms with E-state index in [2.05, 4.69) is 21.3 Å². The molecule has 0 saturated carbocycles. The molecule has 1 aliphatic heterocycles. The summed E-state index contributed by atoms with van der Waals surface area (Å²) in [5, 5.41) is 41.4. The van der Waals surface area contributed by atoms with E-state index in [4.69, 9.17) is 0 Å². The summed E-state index contributed by atoms with van der Waals surface area (Å²) < 4.78 is 0. The number of phenolic OH excluding ortho intramolecular Hbond substituents is 2. The number of benzene rings is 2. The summed E-state index contributed by atoms with van der Waals surface area (Å²) >= 11 is 0. The molecule has 0 aromatic heterocycles. The quantitative estimate of drug-likeness (QED) is 0.240. The van der Waals surface area contributed by atoms with E-state index in [1.165, 1.54) is 50.4 Å². The van der Waals surface area contributed by atoms with Gasteiger partial charge >= 0.3 is 5.97 Å². The van der Waals surface area contributed by atoms with E-state index in [0.29, 0.717) is 5.56 Å². The molecule has 1 heterocycles. The molecule has 0 saturated heterocycles. The zero-order valence-electron chi connectivity index (χ0n) is 23.2. The molecule has 1 aliphatic rings. The zero-order chi connectivity index (χ0) is 30.4. The molecule has 0 unspecified atom stereocenters. The largest absolute Gasteiger partial charge is 0.507 e. The third-order valence-electron chi connectivity index (χ3n) is 6.99. The first-order chi connectivity index (χ1) is 19.3. The molecule has 7 N–H and O–H groups in total. The minimum Gasteiger partial charge on any atom is -0.507 e. The van der Waals surface area contributed by atoms with E-state index in [1.54, 1.807) is 14.0 Å². The number of carboxylic acid groups (broad SMARTS) is 1. The minimum absolute atomic E-state index is 0.0131. The van der Waals surface area contributed by atoms with Gasteiger partial charge in [0, 0.05) is 37.6 Å². The van der Waals surface area contributed by atoms with Gasteiger partial charge in [-0.1, -0.05) is 12.1 Å². The second kappa shape index (κ2) is 13.1. The first-order valence-corrected chi connectivity index (χ1v) is 13.0. The molecule has 41 heavy (non-hydrogen) atoms. The van der Waals surface area contributed by atoms with Gasteiger partial charge < -0.3 is 41.5 Å². The lowest BCUT2D eigenvalue weighted by atomic mass is 9.94. The topological polar surface area (TPSA) is 197 Å². The molecule has 2 aromatic carbocycles. The number of fused-ring (bicyclic) bond motifs is 5. The monoisotopic (exact) mass is 569 g/mol. The second-order valence-corrected chi connectivity index (χ2v) is 9.92. The number of hydrogen-bond donors (Lipinski definition) is 7. The van der Waals surface area contributed by atoms with Crippen molar-refractivity contribution >= 4 is 29.6 Å². The van der Waals surface area contributed by atoms with Crippen LogP contribution in [0.2, 0.25) is 0 Å². The maximum absolute atomic E-state index is 13.6. The van der Waals surface area contributed by atoms with Gasteiger partial charge in [0.25, 0.3) is 0 Å². The Bertz CT molecular complexity index is 1350. The van der Waals surface area contributed by atoms with E-state index in [0.717, 1.165) is 4.90 Å². The third-order valence-corrected chi connectivity index (χ3v) is 6.99. The number of aromatic hydroxyl groups is 2. The lowest BCUT2D eigenvalue weighted by molar-refractivity contribution is -0.143. The number of rotatable bonds is 7. The van der Waals surface area contributed by atoms with Gasteiger partial charge in [0.15, 0.2) is 0 Å². The van der Waals surface area contributed by atoms with Gasteiger partial charge in [0.05, 0.1) is 6.04 Å². The highest BCUT2D eigenvalue weighted by molar-refractivity contribution is 5.94. The number of amides is 4. The van der Waals surface area contributed by atoms with Crippen molar-refractivity contribution in [3.8, 4) is 22.6 Å². The second-order valence-electron chi connectivity index (χ2n) is 9.92. The number of likely N-dealkylation sites (N-methyl/N-ethyl adjacent to an activating group) is 2. The van der Waals surface area contributed by atoms with Crippen molar-refractivity contribution in [2.45, 2.75) is 50.9 Å². The molecular weight excluding hydrogens is 534 g/mol. The summed E-state index contributed by atoms with van der Waals surface area (Å²) in [5.41, 5.74) is 1.05. The Morgan fingerprint density at radius 3 is 2.29 bits per heavy atom. The van der Waals surface area contributed by atoms with E-state index in [1.807, 2.05) is 0 Å². The standard InChI is InChI=1S/C28H35N5O8/c1-14(29-3)25(37)30-10-9-23(36)33(4)24-17-6-8-22(35)19(13-17)18-11-16(5-7-21(18)34)12-20(28(40)41)32-26(38)15(2)31-27(24)39/h5-8,11,13-15,20,24,29,34-35H,9-10,12H2,1-4H3,(H,30,37)(H,31,39)(H,32,38)(H,40,41)/t14-,15-,20-,24-/m0/s1. The number of nitrogens with one attached hydrogen (secondary N) is 4. The molecule has 13 heteroatoms. The van der Waals surface area contributed by atoms with Crippen LogP contribution in [-0.4, -0.2) is 88.6 Å². The van der Waals surface area contributed by atoms with Crippen LogP contribution in [-0.2, 0) is 30.4 Å². The fraction of sp³-hybridized carbons (Fsp3) is 0.393. The fourth-order valence-corrected chi connectivity index (χ4v) is 4.40. The predicted molar refractivity (Wildman–Crippen MR) is 148 cm³/mol. The van der Waals surface area contributed by atoms with E-state index in [9.17, 15) is 39.3 Å². The first-order valence-electron chi connectivity index (χ1n) is 13.0. The highest BCUT2D eigenvalue weighted by atomic mass is 16.4. The highest BCUT2D eigenvalue weighted by Crippen LogP contribution is 2.38. The number of nitrogens with zero attached hydrogens (tertiary/aromatic N) is 1. The summed E-state index contributed by atoms with van der Waals surface area (Å²) in [6.07, 6.45) is -0.258. The molecule has 3 rings (SSSR count). The molecule has 0 aliphatic carbocycles. The van der Waals surface area contributed by atoms with Crippen molar-refractivity contribution in [2.75, 3.05) is 20.6 Å². The van der Waals surface area contributed by atoms with Crippen molar-refractivity contribution in [1.29, 1.82) is 0 Å². The van der Waals surface area contributed by atoms with Crippen LogP contribution < -0.4 is 21.3 Å². The lowest BCUT2D eigenvalue weighted by Crippen LogP contribution is -2.53. The van der Waals surface area contributed by atoms with Gasteiger partial charge in [-0.25, -0.2) is 4.79 Å². The molecule has 0 fully saturated rings. The number of carbonyl (C=O) groups is 5. The van der Waals surface area contributed by atoms with Crippen LogP contribution in [0.1, 0.15) is 37.4 Å². The summed E-state index contributed by atoms with van der Waals surface area (Å²) in [7, 11) is 3.02. The summed E-state index contributed by atoms with van der Waals surface area (Å²) in [6, 6.07) is 4.29. The van der Waals surface area contributed by atoms with Crippen molar-refractivity contribution in [1.82, 2.24) is 26.2 Å². The molecule has 4 atom stereocenters. The Kier molecular flexibility index (Phi) is 9.90. The van der Waals surface area contributed by atoms with Gasteiger partial charge in [-0.3, -0.25) is 19.2 Å². The maximum atomic E-state index is 13.6. The molecule has 4 amide bonds. The van der Waals surface area contributed by atoms with Crippen LogP contribution in [0.3, 0.4) is 0 Å². The van der Waals surface area contributed by atoms with E-state index < -0.39 is 47.9 Å². The molecule has 0 spiro atoms. The van der Waals surface area contributed by atoms with E-state index in [-0.39, 0.29) is 53.5 Å². The van der Waals surface area contributed by atoms with Gasteiger partial charge in [-0.05, 0) is 56.3 Å². The SMILES string of the molecule is CN[C@@H](C)C(=O)NCCC(=O)N(C)[C@@H]1C(=O)N[C@@H](C)C(=O)N[C@H](C(=O)O)Cc2ccc(O)c(c2)-c2cc1ccc2O. The van der Waals surface area contributed by atoms with Crippen molar-refractivity contribution < 1.29 is 39.3 Å². The molecule has 4 bridgehead atoms. The maximum Gasteiger partial charge on any atom is 0.326 e. The lowest BCUT2D eigenvalue weighted by Gasteiger charge is -2.30. The highest BCUT2D eigenvalue weighted by Gasteiger charge is 2.33. The minimum atomic E-state index is -1.34. The summed E-state index contributed by atoms with van der Waals surface area (Å²) in [5.74, 6) is -4.02. The Morgan fingerprint density at radius 2 is 1.66 bits per heavy atom. The normalized spacial score (nSPS) is 19.7. The van der Waals surface area contributed by atoms with E-state index >= 15 is 0 Å². The fourth-order valence-electron chi connectivity index (χ4n) is 4.40. The molecule has 13 nitrogen and oxygen atoms in total. The van der Waals surface area contributed by atoms with Gasteiger partial charge in [-0.15, -0.1) is 0 Å². The molecular formula is C28H35N5O8. The van der Waals surface area contributed by atoms with Crippen LogP contribution in [0.15, 0.2) is 36.4 Å². The molecule has 0 radical (unpaired) electrons. The van der Waals surface area contributed by atoms with Gasteiger partial charge in [0.2, 0.25) is 23.6 Å². The Hall–Kier alpha value is -4.65. The predicted octanol–water partition coefficient (Wildman–Crippen LogP) is 0.00870. The van der Waals surface area contributed by atoms with Crippen molar-refractivity contribution in [3.63, 3.8) is 0 Å². The smallest absolute Gasteiger partial charge is 0.326 e. The molecule has 220 valence electrons. The Morgan fingerprint density at radius 1 is 1.02 bits per heavy atom.